The molecule has 1 aliphatic carbocycles. The maximum atomic E-state index is 13.0. The molecule has 0 bridgehead atoms. The van der Waals surface area contributed by atoms with E-state index in [4.69, 9.17) is 4.74 Å². The molecule has 0 spiro atoms. The number of ether oxygens (including phenoxy) is 1. The van der Waals surface area contributed by atoms with E-state index in [0.29, 0.717) is 31.9 Å². The van der Waals surface area contributed by atoms with Crippen LogP contribution in [0.3, 0.4) is 0 Å². The molecule has 1 aromatic carbocycles. The third-order valence-electron chi connectivity index (χ3n) is 5.21. The van der Waals surface area contributed by atoms with Crippen molar-refractivity contribution in [2.75, 3.05) is 31.6 Å². The number of anilines is 1. The van der Waals surface area contributed by atoms with Gasteiger partial charge in [-0.05, 0) is 24.1 Å². The van der Waals surface area contributed by atoms with Crippen LogP contribution in [0, 0.1) is 5.92 Å². The molecule has 6 heteroatoms. The molecule has 1 saturated heterocycles. The van der Waals surface area contributed by atoms with Crippen LogP contribution in [0.25, 0.3) is 0 Å². The Labute approximate surface area is 140 Å². The monoisotopic (exact) mass is 328 g/mol. The summed E-state index contributed by atoms with van der Waals surface area (Å²) in [5, 5.41) is 12.8. The Morgan fingerprint density at radius 2 is 2.04 bits per heavy atom. The number of carboxylic acids is 1. The largest absolute Gasteiger partial charge is 0.478 e. The summed E-state index contributed by atoms with van der Waals surface area (Å²) < 4.78 is 5.33. The van der Waals surface area contributed by atoms with E-state index in [0.717, 1.165) is 17.7 Å². The number of hydrogen-bond acceptors (Lipinski definition) is 4. The Morgan fingerprint density at radius 1 is 1.25 bits per heavy atom. The van der Waals surface area contributed by atoms with E-state index in [9.17, 15) is 14.7 Å². The topological polar surface area (TPSA) is 78.9 Å². The molecular formula is C18H20N2O4. The van der Waals surface area contributed by atoms with E-state index in [2.05, 4.69) is 17.5 Å². The van der Waals surface area contributed by atoms with E-state index >= 15 is 0 Å². The Bertz CT molecular complexity index is 709. The van der Waals surface area contributed by atoms with Crippen molar-refractivity contribution < 1.29 is 19.4 Å². The Morgan fingerprint density at radius 3 is 2.79 bits per heavy atom. The molecule has 3 atom stereocenters. The van der Waals surface area contributed by atoms with Crippen LogP contribution < -0.4 is 5.32 Å². The Kier molecular flexibility index (Phi) is 3.76. The highest BCUT2D eigenvalue weighted by Gasteiger charge is 2.43. The molecule has 1 aromatic rings. The SMILES string of the molecule is O=C(O)c1cccc2c1C1C=CCC1C(C(=O)N1CCOCC1)N2. The quantitative estimate of drug-likeness (QED) is 0.808. The fourth-order valence-electron chi connectivity index (χ4n) is 4.06. The number of amides is 1. The predicted octanol–water partition coefficient (Wildman–Crippen LogP) is 1.70. The van der Waals surface area contributed by atoms with Crippen LogP contribution in [0.1, 0.15) is 28.3 Å². The number of fused-ring (bicyclic) bond motifs is 3. The Hall–Kier alpha value is -2.34. The van der Waals surface area contributed by atoms with E-state index < -0.39 is 5.97 Å². The summed E-state index contributed by atoms with van der Waals surface area (Å²) >= 11 is 0. The van der Waals surface area contributed by atoms with Crippen molar-refractivity contribution in [1.29, 1.82) is 0 Å². The van der Waals surface area contributed by atoms with Crippen molar-refractivity contribution in [2.45, 2.75) is 18.4 Å². The molecule has 1 fully saturated rings. The number of morpholine rings is 1. The summed E-state index contributed by atoms with van der Waals surface area (Å²) in [4.78, 5) is 26.4. The van der Waals surface area contributed by atoms with Gasteiger partial charge in [0.15, 0.2) is 0 Å². The first-order valence-corrected chi connectivity index (χ1v) is 8.33. The number of nitrogens with one attached hydrogen (secondary N) is 1. The van der Waals surface area contributed by atoms with Crippen LogP contribution >= 0.6 is 0 Å². The average molecular weight is 328 g/mol. The number of carbonyl (C=O) groups is 2. The first-order chi connectivity index (χ1) is 11.7. The van der Waals surface area contributed by atoms with Crippen molar-refractivity contribution in [3.63, 3.8) is 0 Å². The zero-order chi connectivity index (χ0) is 16.7. The third-order valence-corrected chi connectivity index (χ3v) is 5.21. The van der Waals surface area contributed by atoms with Gasteiger partial charge in [0.05, 0.1) is 18.8 Å². The summed E-state index contributed by atoms with van der Waals surface area (Å²) in [5.41, 5.74) is 1.88. The number of allylic oxidation sites excluding steroid dienone is 2. The van der Waals surface area contributed by atoms with Crippen LogP contribution in [0.5, 0.6) is 0 Å². The summed E-state index contributed by atoms with van der Waals surface area (Å²) in [6, 6.07) is 4.91. The smallest absolute Gasteiger partial charge is 0.336 e. The number of hydrogen-bond donors (Lipinski definition) is 2. The molecule has 2 N–H and O–H groups in total. The van der Waals surface area contributed by atoms with Gasteiger partial charge >= 0.3 is 5.97 Å². The van der Waals surface area contributed by atoms with Crippen molar-refractivity contribution in [3.8, 4) is 0 Å². The third kappa shape index (κ3) is 2.38. The number of carbonyl (C=O) groups excluding carboxylic acids is 1. The highest BCUT2D eigenvalue weighted by atomic mass is 16.5. The van der Waals surface area contributed by atoms with Crippen LogP contribution in [0.2, 0.25) is 0 Å². The maximum absolute atomic E-state index is 13.0. The van der Waals surface area contributed by atoms with Crippen LogP contribution in [0.4, 0.5) is 5.69 Å². The lowest BCUT2D eigenvalue weighted by atomic mass is 9.77. The number of rotatable bonds is 2. The van der Waals surface area contributed by atoms with Gasteiger partial charge in [-0.2, -0.15) is 0 Å². The summed E-state index contributed by atoms with van der Waals surface area (Å²) in [7, 11) is 0. The maximum Gasteiger partial charge on any atom is 0.336 e. The highest BCUT2D eigenvalue weighted by molar-refractivity contribution is 5.94. The van der Waals surface area contributed by atoms with Gasteiger partial charge in [0.2, 0.25) is 5.91 Å². The standard InChI is InChI=1S/C18H20N2O4/c21-17(20-7-9-24-10-8-20)16-12-4-1-3-11(12)15-13(18(22)23)5-2-6-14(15)19-16/h1-3,5-6,11-12,16,19H,4,7-10H2,(H,22,23). The van der Waals surface area contributed by atoms with E-state index in [-0.39, 0.29) is 23.8 Å². The molecule has 0 aromatic heterocycles. The normalized spacial score (nSPS) is 28.0. The molecule has 1 amide bonds. The van der Waals surface area contributed by atoms with Gasteiger partial charge in [0.1, 0.15) is 6.04 Å². The summed E-state index contributed by atoms with van der Waals surface area (Å²) in [6.07, 6.45) is 4.90. The van der Waals surface area contributed by atoms with Crippen molar-refractivity contribution in [2.24, 2.45) is 5.92 Å². The second-order valence-electron chi connectivity index (χ2n) is 6.49. The first-order valence-electron chi connectivity index (χ1n) is 8.33. The van der Waals surface area contributed by atoms with Gasteiger partial charge in [0.25, 0.3) is 0 Å². The fourth-order valence-corrected chi connectivity index (χ4v) is 4.06. The van der Waals surface area contributed by atoms with Gasteiger partial charge in [-0.3, -0.25) is 4.79 Å². The molecular weight excluding hydrogens is 308 g/mol. The van der Waals surface area contributed by atoms with Gasteiger partial charge in [-0.25, -0.2) is 4.79 Å². The van der Waals surface area contributed by atoms with E-state index in [1.54, 1.807) is 12.1 Å². The lowest BCUT2D eigenvalue weighted by Gasteiger charge is -2.40. The molecule has 24 heavy (non-hydrogen) atoms. The second kappa shape index (κ2) is 5.94. The molecule has 3 unspecified atom stereocenters. The molecule has 3 aliphatic rings. The molecule has 0 radical (unpaired) electrons. The number of benzene rings is 1. The number of nitrogens with zero attached hydrogens (tertiary/aromatic N) is 1. The second-order valence-corrected chi connectivity index (χ2v) is 6.49. The van der Waals surface area contributed by atoms with Crippen molar-refractivity contribution in [3.05, 3.63) is 41.5 Å². The lowest BCUT2D eigenvalue weighted by molar-refractivity contribution is -0.137. The van der Waals surface area contributed by atoms with E-state index in [1.165, 1.54) is 0 Å². The molecule has 6 nitrogen and oxygen atoms in total. The average Bonchev–Trinajstić information content (AvgIpc) is 3.10. The van der Waals surface area contributed by atoms with Crippen LogP contribution in [0.15, 0.2) is 30.4 Å². The molecule has 2 heterocycles. The number of carboxylic acid groups (broad SMARTS) is 1. The van der Waals surface area contributed by atoms with Crippen molar-refractivity contribution >= 4 is 17.6 Å². The Balaban J connectivity index is 1.69. The zero-order valence-electron chi connectivity index (χ0n) is 13.3. The molecule has 4 rings (SSSR count). The number of aromatic carboxylic acids is 1. The van der Waals surface area contributed by atoms with Gasteiger partial charge < -0.3 is 20.1 Å². The summed E-state index contributed by atoms with van der Waals surface area (Å²) in [6.45, 7) is 2.38. The van der Waals surface area contributed by atoms with Crippen molar-refractivity contribution in [1.82, 2.24) is 4.90 Å². The first kappa shape index (κ1) is 15.2. The van der Waals surface area contributed by atoms with Crippen LogP contribution in [-0.4, -0.2) is 54.2 Å². The van der Waals surface area contributed by atoms with Gasteiger partial charge in [0, 0.05) is 30.6 Å². The minimum absolute atomic E-state index is 0.0245. The minimum atomic E-state index is -0.925. The van der Waals surface area contributed by atoms with Gasteiger partial charge in [-0.15, -0.1) is 0 Å². The van der Waals surface area contributed by atoms with Crippen LogP contribution in [-0.2, 0) is 9.53 Å². The summed E-state index contributed by atoms with van der Waals surface area (Å²) in [5.74, 6) is -0.800. The lowest BCUT2D eigenvalue weighted by Crippen LogP contribution is -2.52. The molecule has 2 aliphatic heterocycles. The molecule has 0 saturated carbocycles. The predicted molar refractivity (Wildman–Crippen MR) is 88.2 cm³/mol. The zero-order valence-corrected chi connectivity index (χ0v) is 13.3. The highest BCUT2D eigenvalue weighted by Crippen LogP contribution is 2.46. The molecule has 126 valence electrons. The fraction of sp³-hybridized carbons (Fsp3) is 0.444. The van der Waals surface area contributed by atoms with Gasteiger partial charge in [-0.1, -0.05) is 18.2 Å². The minimum Gasteiger partial charge on any atom is -0.478 e. The van der Waals surface area contributed by atoms with E-state index in [1.807, 2.05) is 11.0 Å².